The Hall–Kier alpha value is -2.28. The van der Waals surface area contributed by atoms with Gasteiger partial charge in [-0.05, 0) is 62.7 Å². The Labute approximate surface area is 163 Å². The summed E-state index contributed by atoms with van der Waals surface area (Å²) in [4.78, 5) is 28.3. The highest BCUT2D eigenvalue weighted by molar-refractivity contribution is 7.07. The van der Waals surface area contributed by atoms with E-state index in [9.17, 15) is 9.59 Å². The minimum Gasteiger partial charge on any atom is -0.466 e. The molecule has 0 N–H and O–H groups in total. The van der Waals surface area contributed by atoms with E-state index >= 15 is 0 Å². The number of benzene rings is 1. The van der Waals surface area contributed by atoms with Gasteiger partial charge in [0.25, 0.3) is 5.91 Å². The maximum Gasteiger partial charge on any atom is 0.314 e. The van der Waals surface area contributed by atoms with Gasteiger partial charge in [0.15, 0.2) is 0 Å². The molecule has 2 heterocycles. The average molecular weight is 388 g/mol. The number of amides is 1. The molecular formula is C20H25N3O3S. The Balaban J connectivity index is 1.90. The van der Waals surface area contributed by atoms with Crippen LogP contribution in [-0.2, 0) is 16.0 Å². The maximum atomic E-state index is 13.0. The molecule has 1 atom stereocenters. The molecule has 144 valence electrons. The highest BCUT2D eigenvalue weighted by atomic mass is 32.1. The second-order valence-corrected chi connectivity index (χ2v) is 7.88. The van der Waals surface area contributed by atoms with Gasteiger partial charge in [0, 0.05) is 13.1 Å². The zero-order chi connectivity index (χ0) is 19.4. The van der Waals surface area contributed by atoms with Crippen molar-refractivity contribution in [2.75, 3.05) is 19.7 Å². The zero-order valence-corrected chi connectivity index (χ0v) is 16.8. The third kappa shape index (κ3) is 4.03. The van der Waals surface area contributed by atoms with Gasteiger partial charge in [0.1, 0.15) is 4.88 Å². The van der Waals surface area contributed by atoms with Crippen molar-refractivity contribution in [1.29, 1.82) is 0 Å². The molecule has 0 spiro atoms. The topological polar surface area (TPSA) is 72.4 Å². The van der Waals surface area contributed by atoms with Crippen molar-refractivity contribution < 1.29 is 14.3 Å². The Morgan fingerprint density at radius 3 is 2.74 bits per heavy atom. The number of carbonyl (C=O) groups excluding carboxylic acids is 2. The molecule has 1 aliphatic heterocycles. The van der Waals surface area contributed by atoms with Gasteiger partial charge in [-0.15, -0.1) is 5.10 Å². The van der Waals surface area contributed by atoms with E-state index in [4.69, 9.17) is 4.74 Å². The Morgan fingerprint density at radius 1 is 1.30 bits per heavy atom. The first-order chi connectivity index (χ1) is 13.0. The van der Waals surface area contributed by atoms with Crippen molar-refractivity contribution in [1.82, 2.24) is 14.5 Å². The summed E-state index contributed by atoms with van der Waals surface area (Å²) in [6.07, 6.45) is 2.05. The molecule has 0 saturated carbocycles. The molecule has 6 nitrogen and oxygen atoms in total. The molecule has 1 aromatic heterocycles. The van der Waals surface area contributed by atoms with Crippen LogP contribution in [0.25, 0.3) is 0 Å². The molecule has 3 rings (SSSR count). The molecule has 2 aromatic rings. The van der Waals surface area contributed by atoms with E-state index in [1.165, 1.54) is 0 Å². The van der Waals surface area contributed by atoms with E-state index in [1.54, 1.807) is 11.8 Å². The molecule has 1 amide bonds. The van der Waals surface area contributed by atoms with Crippen molar-refractivity contribution in [2.24, 2.45) is 5.41 Å². The predicted octanol–water partition coefficient (Wildman–Crippen LogP) is 3.18. The molecule has 0 unspecified atom stereocenters. The number of nitrogens with zero attached hydrogens (tertiary/aromatic N) is 3. The molecular weight excluding hydrogens is 362 g/mol. The van der Waals surface area contributed by atoms with Gasteiger partial charge >= 0.3 is 5.97 Å². The van der Waals surface area contributed by atoms with Crippen molar-refractivity contribution in [3.05, 3.63) is 46.0 Å². The first-order valence-electron chi connectivity index (χ1n) is 9.27. The minimum absolute atomic E-state index is 0.0966. The lowest BCUT2D eigenvalue weighted by atomic mass is 9.74. The van der Waals surface area contributed by atoms with E-state index in [0.717, 1.165) is 29.1 Å². The van der Waals surface area contributed by atoms with Crippen LogP contribution in [0.15, 0.2) is 24.3 Å². The predicted molar refractivity (Wildman–Crippen MR) is 104 cm³/mol. The quantitative estimate of drug-likeness (QED) is 0.737. The van der Waals surface area contributed by atoms with E-state index in [0.29, 0.717) is 43.1 Å². The fourth-order valence-corrected chi connectivity index (χ4v) is 4.34. The van der Waals surface area contributed by atoms with Crippen LogP contribution < -0.4 is 0 Å². The lowest BCUT2D eigenvalue weighted by molar-refractivity contribution is -0.158. The number of hydrogen-bond acceptors (Lipinski definition) is 6. The van der Waals surface area contributed by atoms with Gasteiger partial charge in [0.2, 0.25) is 0 Å². The first kappa shape index (κ1) is 19.5. The largest absolute Gasteiger partial charge is 0.466 e. The molecule has 0 aliphatic carbocycles. The van der Waals surface area contributed by atoms with Crippen LogP contribution in [0.1, 0.15) is 46.3 Å². The number of ether oxygens (including phenoxy) is 1. The number of carbonyl (C=O) groups is 2. The van der Waals surface area contributed by atoms with Crippen molar-refractivity contribution >= 4 is 23.4 Å². The number of rotatable bonds is 5. The highest BCUT2D eigenvalue weighted by Gasteiger charge is 2.45. The number of aryl methyl sites for hydroxylation is 2. The van der Waals surface area contributed by atoms with Crippen molar-refractivity contribution in [2.45, 2.75) is 40.0 Å². The second kappa shape index (κ2) is 8.17. The van der Waals surface area contributed by atoms with E-state index < -0.39 is 5.41 Å². The minimum atomic E-state index is -0.720. The lowest BCUT2D eigenvalue weighted by Crippen LogP contribution is -2.51. The van der Waals surface area contributed by atoms with Gasteiger partial charge in [-0.2, -0.15) is 0 Å². The third-order valence-electron chi connectivity index (χ3n) is 5.21. The van der Waals surface area contributed by atoms with Crippen LogP contribution in [0.4, 0.5) is 0 Å². The summed E-state index contributed by atoms with van der Waals surface area (Å²) in [5.41, 5.74) is 2.18. The lowest BCUT2D eigenvalue weighted by Gasteiger charge is -2.41. The molecule has 1 aromatic carbocycles. The second-order valence-electron chi connectivity index (χ2n) is 7.12. The highest BCUT2D eigenvalue weighted by Crippen LogP contribution is 2.37. The SMILES string of the molecule is CCOC(=O)[C@]1(Cc2ccccc2C)CCCN(C(=O)c2snnc2C)C1. The van der Waals surface area contributed by atoms with Crippen LogP contribution in [0.2, 0.25) is 0 Å². The summed E-state index contributed by atoms with van der Waals surface area (Å²) >= 11 is 1.11. The van der Waals surface area contributed by atoms with Gasteiger partial charge in [0.05, 0.1) is 17.7 Å². The van der Waals surface area contributed by atoms with Crippen LogP contribution in [0.3, 0.4) is 0 Å². The van der Waals surface area contributed by atoms with Crippen molar-refractivity contribution in [3.63, 3.8) is 0 Å². The van der Waals surface area contributed by atoms with E-state index in [2.05, 4.69) is 9.59 Å². The number of hydrogen-bond donors (Lipinski definition) is 0. The van der Waals surface area contributed by atoms with E-state index in [1.807, 2.05) is 38.1 Å². The first-order valence-corrected chi connectivity index (χ1v) is 10.0. The number of piperidine rings is 1. The molecule has 1 aliphatic rings. The molecule has 0 bridgehead atoms. The zero-order valence-electron chi connectivity index (χ0n) is 16.0. The Bertz CT molecular complexity index is 835. The summed E-state index contributed by atoms with van der Waals surface area (Å²) < 4.78 is 9.31. The van der Waals surface area contributed by atoms with Gasteiger partial charge in [-0.1, -0.05) is 28.8 Å². The Kier molecular flexibility index (Phi) is 5.89. The summed E-state index contributed by atoms with van der Waals surface area (Å²) in [6, 6.07) is 8.08. The molecule has 1 fully saturated rings. The summed E-state index contributed by atoms with van der Waals surface area (Å²) in [5.74, 6) is -0.314. The van der Waals surface area contributed by atoms with Gasteiger partial charge in [-0.25, -0.2) is 0 Å². The molecule has 7 heteroatoms. The third-order valence-corrected chi connectivity index (χ3v) is 6.02. The normalized spacial score (nSPS) is 19.7. The number of likely N-dealkylation sites (tertiary alicyclic amines) is 1. The average Bonchev–Trinajstić information content (AvgIpc) is 3.09. The monoisotopic (exact) mass is 387 g/mol. The van der Waals surface area contributed by atoms with Crippen LogP contribution in [-0.4, -0.2) is 46.1 Å². The Morgan fingerprint density at radius 2 is 2.07 bits per heavy atom. The fourth-order valence-electron chi connectivity index (χ4n) is 3.72. The molecule has 0 radical (unpaired) electrons. The molecule has 1 saturated heterocycles. The summed E-state index contributed by atoms with van der Waals surface area (Å²) in [7, 11) is 0. The van der Waals surface area contributed by atoms with E-state index in [-0.39, 0.29) is 11.9 Å². The molecule has 27 heavy (non-hydrogen) atoms. The standard InChI is InChI=1S/C20H25N3O3S/c1-4-26-19(25)20(12-16-9-6-5-8-14(16)2)10-7-11-23(13-20)18(24)17-15(3)21-22-27-17/h5-6,8-9H,4,7,10-13H2,1-3H3/t20-/m0/s1. The van der Waals surface area contributed by atoms with Crippen LogP contribution in [0, 0.1) is 19.3 Å². The number of esters is 1. The van der Waals surface area contributed by atoms with Gasteiger partial charge in [-0.3, -0.25) is 9.59 Å². The smallest absolute Gasteiger partial charge is 0.314 e. The van der Waals surface area contributed by atoms with Crippen LogP contribution in [0.5, 0.6) is 0 Å². The van der Waals surface area contributed by atoms with Gasteiger partial charge < -0.3 is 9.64 Å². The fraction of sp³-hybridized carbons (Fsp3) is 0.500. The summed E-state index contributed by atoms with van der Waals surface area (Å²) in [5, 5.41) is 3.94. The van der Waals surface area contributed by atoms with Crippen LogP contribution >= 0.6 is 11.5 Å². The summed E-state index contributed by atoms with van der Waals surface area (Å²) in [6.45, 7) is 6.97. The van der Waals surface area contributed by atoms with Crippen molar-refractivity contribution in [3.8, 4) is 0 Å². The number of aromatic nitrogens is 2. The maximum absolute atomic E-state index is 13.0.